The molecule has 1 aliphatic heterocycles. The molecule has 1 fully saturated rings. The number of carbonyl (C=O) groups excluding carboxylic acids is 2. The number of ether oxygens (including phenoxy) is 2. The Labute approximate surface area is 267 Å². The first-order valence-corrected chi connectivity index (χ1v) is 16.0. The number of phenolic OH excluding ortho intramolecular Hbond substituents is 1. The summed E-state index contributed by atoms with van der Waals surface area (Å²) in [6, 6.07) is 13.6. The largest absolute Gasteiger partial charge is 0.507 e. The van der Waals surface area contributed by atoms with Crippen LogP contribution >= 0.6 is 0 Å². The van der Waals surface area contributed by atoms with E-state index in [9.17, 15) is 14.7 Å². The maximum Gasteiger partial charge on any atom is 0.331 e. The number of pyridine rings is 1. The molecule has 1 saturated heterocycles. The van der Waals surface area contributed by atoms with Gasteiger partial charge in [-0.2, -0.15) is 0 Å². The zero-order valence-electron chi connectivity index (χ0n) is 28.4. The van der Waals surface area contributed by atoms with Gasteiger partial charge in [-0.25, -0.2) is 4.99 Å². The molecule has 0 bridgehead atoms. The molecular formula is C37H49N3O5. The average molecular weight is 616 g/mol. The Hall–Kier alpha value is -3.94. The number of carbonyl (C=O) groups is 2. The number of aromatic nitrogens is 1. The van der Waals surface area contributed by atoms with Gasteiger partial charge in [-0.15, -0.1) is 0 Å². The maximum atomic E-state index is 13.6. The first-order chi connectivity index (χ1) is 21.0. The zero-order valence-corrected chi connectivity index (χ0v) is 28.4. The highest BCUT2D eigenvalue weighted by atomic mass is 16.7. The molecule has 0 aliphatic carbocycles. The molecule has 0 amide bonds. The monoisotopic (exact) mass is 615 g/mol. The number of benzene rings is 2. The predicted octanol–water partition coefficient (Wildman–Crippen LogP) is 8.10. The highest BCUT2D eigenvalue weighted by molar-refractivity contribution is 6.17. The fraction of sp³-hybridized carbons (Fsp3) is 0.514. The number of amidine groups is 1. The van der Waals surface area contributed by atoms with Crippen molar-refractivity contribution in [1.82, 2.24) is 9.88 Å². The number of hydrogen-bond acceptors (Lipinski definition) is 7. The smallest absolute Gasteiger partial charge is 0.331 e. The number of aliphatic imine (C=N–C) groups is 1. The minimum atomic E-state index is -1.37. The molecule has 0 spiro atoms. The molecule has 45 heavy (non-hydrogen) atoms. The molecule has 3 aromatic rings. The number of phenols is 1. The average Bonchev–Trinajstić information content (AvgIpc) is 2.92. The van der Waals surface area contributed by atoms with Crippen LogP contribution < -0.4 is 0 Å². The fourth-order valence-corrected chi connectivity index (χ4v) is 5.71. The summed E-state index contributed by atoms with van der Waals surface area (Å²) in [7, 11) is 0. The number of cyclic esters (lactones) is 2. The van der Waals surface area contributed by atoms with Crippen LogP contribution in [0.3, 0.4) is 0 Å². The Bertz CT molecular complexity index is 1520. The molecule has 2 aromatic carbocycles. The second-order valence-electron chi connectivity index (χ2n) is 14.5. The summed E-state index contributed by atoms with van der Waals surface area (Å²) in [6.45, 7) is 18.4. The van der Waals surface area contributed by atoms with Crippen molar-refractivity contribution in [2.24, 2.45) is 10.9 Å². The Balaban J connectivity index is 1.95. The number of nitrogens with zero attached hydrogens (tertiary/aromatic N) is 3. The van der Waals surface area contributed by atoms with Gasteiger partial charge in [0, 0.05) is 49.6 Å². The van der Waals surface area contributed by atoms with Crippen LogP contribution in [0.25, 0.3) is 10.9 Å². The summed E-state index contributed by atoms with van der Waals surface area (Å²) in [5, 5.41) is 12.4. The van der Waals surface area contributed by atoms with E-state index in [-0.39, 0.29) is 11.6 Å². The number of esters is 2. The highest BCUT2D eigenvalue weighted by Crippen LogP contribution is 2.42. The van der Waals surface area contributed by atoms with Crippen LogP contribution in [0.1, 0.15) is 105 Å². The lowest BCUT2D eigenvalue weighted by atomic mass is 9.79. The molecule has 0 atom stereocenters. The summed E-state index contributed by atoms with van der Waals surface area (Å²) in [6.07, 6.45) is 5.76. The van der Waals surface area contributed by atoms with E-state index in [1.165, 1.54) is 0 Å². The molecule has 4 rings (SSSR count). The molecular weight excluding hydrogens is 566 g/mol. The van der Waals surface area contributed by atoms with Crippen LogP contribution in [0.15, 0.2) is 53.7 Å². The molecule has 0 unspecified atom stereocenters. The minimum absolute atomic E-state index is 0.230. The molecule has 2 heterocycles. The van der Waals surface area contributed by atoms with E-state index in [0.29, 0.717) is 18.8 Å². The van der Waals surface area contributed by atoms with Gasteiger partial charge in [0.05, 0.1) is 11.2 Å². The Morgan fingerprint density at radius 3 is 2.11 bits per heavy atom. The second-order valence-corrected chi connectivity index (χ2v) is 14.5. The van der Waals surface area contributed by atoms with Crippen LogP contribution in [-0.2, 0) is 36.4 Å². The van der Waals surface area contributed by atoms with Crippen molar-refractivity contribution in [2.45, 2.75) is 111 Å². The van der Waals surface area contributed by atoms with Crippen LogP contribution in [0.4, 0.5) is 5.69 Å². The van der Waals surface area contributed by atoms with Crippen molar-refractivity contribution >= 4 is 34.4 Å². The van der Waals surface area contributed by atoms with E-state index in [1.807, 2.05) is 88.9 Å². The van der Waals surface area contributed by atoms with Crippen LogP contribution in [-0.4, -0.2) is 45.1 Å². The maximum absolute atomic E-state index is 13.6. The Morgan fingerprint density at radius 1 is 0.933 bits per heavy atom. The summed E-state index contributed by atoms with van der Waals surface area (Å²) in [4.78, 5) is 38.9. The quantitative estimate of drug-likeness (QED) is 0.0853. The van der Waals surface area contributed by atoms with Gasteiger partial charge in [0.15, 0.2) is 0 Å². The SMILES string of the molecule is CCCCCCN(Cc1ccnc2ccccc12)C(=Nc1cc(C(C)(C)C)c(O)c(C(C)(C)C)c1)C1C(=O)OC(C)(C)OC1=O. The van der Waals surface area contributed by atoms with E-state index >= 15 is 0 Å². The van der Waals surface area contributed by atoms with E-state index in [4.69, 9.17) is 14.5 Å². The van der Waals surface area contributed by atoms with Gasteiger partial charge < -0.3 is 19.5 Å². The van der Waals surface area contributed by atoms with Gasteiger partial charge in [0.2, 0.25) is 5.92 Å². The van der Waals surface area contributed by atoms with Crippen molar-refractivity contribution in [3.05, 3.63) is 65.4 Å². The lowest BCUT2D eigenvalue weighted by Gasteiger charge is -2.36. The van der Waals surface area contributed by atoms with Crippen LogP contribution in [0.2, 0.25) is 0 Å². The van der Waals surface area contributed by atoms with Gasteiger partial charge in [-0.1, -0.05) is 85.9 Å². The number of rotatable bonds is 9. The molecule has 242 valence electrons. The first-order valence-electron chi connectivity index (χ1n) is 16.0. The second kappa shape index (κ2) is 13.2. The third-order valence-electron chi connectivity index (χ3n) is 8.08. The van der Waals surface area contributed by atoms with Gasteiger partial charge in [-0.3, -0.25) is 14.6 Å². The topological polar surface area (TPSA) is 101 Å². The fourth-order valence-electron chi connectivity index (χ4n) is 5.71. The van der Waals surface area contributed by atoms with Gasteiger partial charge in [0.1, 0.15) is 11.6 Å². The lowest BCUT2D eigenvalue weighted by Crippen LogP contribution is -2.52. The summed E-state index contributed by atoms with van der Waals surface area (Å²) in [5.74, 6) is -3.64. The summed E-state index contributed by atoms with van der Waals surface area (Å²) < 4.78 is 11.2. The lowest BCUT2D eigenvalue weighted by molar-refractivity contribution is -0.236. The van der Waals surface area contributed by atoms with E-state index in [1.54, 1.807) is 20.0 Å². The van der Waals surface area contributed by atoms with Crippen LogP contribution in [0, 0.1) is 5.92 Å². The standard InChI is InChI=1S/C37H49N3O5/c1-10-11-12-15-20-40(23-24-18-19-38-29-17-14-13-16-26(24)29)32(30-33(42)44-37(8,9)45-34(30)43)39-25-21-27(35(2,3)4)31(41)28(22-25)36(5,6)7/h13-14,16-19,21-22,30,41H,10-12,15,20,23H2,1-9H3. The minimum Gasteiger partial charge on any atom is -0.507 e. The van der Waals surface area contributed by atoms with E-state index in [0.717, 1.165) is 53.3 Å². The van der Waals surface area contributed by atoms with Gasteiger partial charge >= 0.3 is 11.9 Å². The van der Waals surface area contributed by atoms with Gasteiger partial charge in [0.25, 0.3) is 5.79 Å². The number of fused-ring (bicyclic) bond motifs is 1. The number of hydrogen-bond donors (Lipinski definition) is 1. The molecule has 0 radical (unpaired) electrons. The molecule has 0 saturated carbocycles. The van der Waals surface area contributed by atoms with Crippen molar-refractivity contribution in [1.29, 1.82) is 0 Å². The molecule has 1 aromatic heterocycles. The van der Waals surface area contributed by atoms with Crippen molar-refractivity contribution in [2.75, 3.05) is 6.54 Å². The van der Waals surface area contributed by atoms with Gasteiger partial charge in [-0.05, 0) is 47.1 Å². The number of para-hydroxylation sites is 1. The zero-order chi connectivity index (χ0) is 33.2. The van der Waals surface area contributed by atoms with Crippen LogP contribution in [0.5, 0.6) is 5.75 Å². The Morgan fingerprint density at radius 2 is 1.53 bits per heavy atom. The first kappa shape index (κ1) is 33.9. The number of aromatic hydroxyl groups is 1. The molecule has 8 heteroatoms. The number of unbranched alkanes of at least 4 members (excludes halogenated alkanes) is 3. The highest BCUT2D eigenvalue weighted by Gasteiger charge is 2.47. The third kappa shape index (κ3) is 8.02. The molecule has 1 N–H and O–H groups in total. The van der Waals surface area contributed by atoms with Crippen molar-refractivity contribution < 1.29 is 24.2 Å². The van der Waals surface area contributed by atoms with E-state index in [2.05, 4.69) is 11.9 Å². The Kier molecular flexibility index (Phi) is 9.95. The molecule has 1 aliphatic rings. The summed E-state index contributed by atoms with van der Waals surface area (Å²) >= 11 is 0. The summed E-state index contributed by atoms with van der Waals surface area (Å²) in [5.41, 5.74) is 3.09. The predicted molar refractivity (Wildman–Crippen MR) is 179 cm³/mol. The molecule has 8 nitrogen and oxygen atoms in total. The third-order valence-corrected chi connectivity index (χ3v) is 8.08. The van der Waals surface area contributed by atoms with Crippen molar-refractivity contribution in [3.8, 4) is 5.75 Å². The normalized spacial score (nSPS) is 16.1. The van der Waals surface area contributed by atoms with Crippen molar-refractivity contribution in [3.63, 3.8) is 0 Å². The van der Waals surface area contributed by atoms with E-state index < -0.39 is 34.5 Å².